The van der Waals surface area contributed by atoms with E-state index in [1.807, 2.05) is 24.3 Å². The number of esters is 1. The molecule has 0 radical (unpaired) electrons. The van der Waals surface area contributed by atoms with E-state index in [0.717, 1.165) is 17.9 Å². The van der Waals surface area contributed by atoms with Crippen LogP contribution in [-0.4, -0.2) is 25.1 Å². The van der Waals surface area contributed by atoms with Crippen LogP contribution in [0.3, 0.4) is 0 Å². The van der Waals surface area contributed by atoms with Crippen LogP contribution in [0.1, 0.15) is 123 Å². The number of rotatable bonds is 20. The minimum absolute atomic E-state index is 0.0605. The molecule has 0 saturated carbocycles. The molecule has 1 amide bonds. The SMILES string of the molecule is CCCCCCCCC(CCCCCCCC)COc1ccc(C2=C(C(=O)OCC)CC(=O)N2)cc1. The van der Waals surface area contributed by atoms with Crippen molar-refractivity contribution in [1.29, 1.82) is 0 Å². The van der Waals surface area contributed by atoms with Crippen LogP contribution in [0.4, 0.5) is 0 Å². The summed E-state index contributed by atoms with van der Waals surface area (Å²) in [5, 5.41) is 2.81. The fourth-order valence-corrected chi connectivity index (χ4v) is 4.82. The fraction of sp³-hybridized carbons (Fsp3) is 0.677. The molecule has 1 aromatic carbocycles. The van der Waals surface area contributed by atoms with Crippen molar-refractivity contribution in [2.75, 3.05) is 13.2 Å². The summed E-state index contributed by atoms with van der Waals surface area (Å²) in [7, 11) is 0. The summed E-state index contributed by atoms with van der Waals surface area (Å²) in [4.78, 5) is 24.2. The Labute approximate surface area is 219 Å². The predicted molar refractivity (Wildman–Crippen MR) is 148 cm³/mol. The lowest BCUT2D eigenvalue weighted by atomic mass is 9.94. The molecule has 1 heterocycles. The van der Waals surface area contributed by atoms with E-state index in [-0.39, 0.29) is 18.9 Å². The van der Waals surface area contributed by atoms with Crippen LogP contribution in [0.2, 0.25) is 0 Å². The number of carbonyl (C=O) groups excluding carboxylic acids is 2. The lowest BCUT2D eigenvalue weighted by molar-refractivity contribution is -0.139. The highest BCUT2D eigenvalue weighted by molar-refractivity contribution is 6.09. The van der Waals surface area contributed by atoms with Crippen molar-refractivity contribution in [3.63, 3.8) is 0 Å². The monoisotopic (exact) mass is 499 g/mol. The maximum absolute atomic E-state index is 12.2. The quantitative estimate of drug-likeness (QED) is 0.146. The molecule has 1 aliphatic rings. The lowest BCUT2D eigenvalue weighted by Crippen LogP contribution is -2.14. The van der Waals surface area contributed by atoms with E-state index < -0.39 is 5.97 Å². The van der Waals surface area contributed by atoms with Gasteiger partial charge in [-0.3, -0.25) is 4.79 Å². The van der Waals surface area contributed by atoms with E-state index in [4.69, 9.17) is 9.47 Å². The van der Waals surface area contributed by atoms with Crippen molar-refractivity contribution in [2.45, 2.75) is 117 Å². The Morgan fingerprint density at radius 2 is 1.39 bits per heavy atom. The summed E-state index contributed by atoms with van der Waals surface area (Å²) in [6.45, 7) is 7.33. The highest BCUT2D eigenvalue weighted by Crippen LogP contribution is 2.27. The maximum Gasteiger partial charge on any atom is 0.336 e. The topological polar surface area (TPSA) is 64.6 Å². The van der Waals surface area contributed by atoms with Gasteiger partial charge in [0.15, 0.2) is 0 Å². The van der Waals surface area contributed by atoms with Gasteiger partial charge in [0.2, 0.25) is 5.91 Å². The van der Waals surface area contributed by atoms with Gasteiger partial charge in [0.1, 0.15) is 5.75 Å². The summed E-state index contributed by atoms with van der Waals surface area (Å²) in [5.41, 5.74) is 1.74. The average Bonchev–Trinajstić information content (AvgIpc) is 3.28. The van der Waals surface area contributed by atoms with E-state index in [9.17, 15) is 9.59 Å². The molecular weight excluding hydrogens is 450 g/mol. The molecule has 202 valence electrons. The molecule has 5 nitrogen and oxygen atoms in total. The molecule has 0 spiro atoms. The largest absolute Gasteiger partial charge is 0.493 e. The first kappa shape index (κ1) is 29.9. The van der Waals surface area contributed by atoms with Crippen molar-refractivity contribution in [3.8, 4) is 5.75 Å². The van der Waals surface area contributed by atoms with E-state index >= 15 is 0 Å². The first-order valence-corrected chi connectivity index (χ1v) is 14.5. The average molecular weight is 500 g/mol. The first-order chi connectivity index (χ1) is 17.6. The summed E-state index contributed by atoms with van der Waals surface area (Å²) in [5.74, 6) is 0.811. The molecule has 0 bridgehead atoms. The summed E-state index contributed by atoms with van der Waals surface area (Å²) in [6, 6.07) is 7.68. The Balaban J connectivity index is 1.89. The molecule has 1 aliphatic heterocycles. The summed E-state index contributed by atoms with van der Waals surface area (Å²) >= 11 is 0. The number of hydrogen-bond acceptors (Lipinski definition) is 4. The van der Waals surface area contributed by atoms with Gasteiger partial charge in [-0.25, -0.2) is 4.79 Å². The number of carbonyl (C=O) groups is 2. The molecular formula is C31H49NO4. The molecule has 2 rings (SSSR count). The van der Waals surface area contributed by atoms with Crippen LogP contribution in [0.15, 0.2) is 29.8 Å². The molecule has 0 atom stereocenters. The molecule has 1 aromatic rings. The number of hydrogen-bond donors (Lipinski definition) is 1. The smallest absolute Gasteiger partial charge is 0.336 e. The summed E-state index contributed by atoms with van der Waals surface area (Å²) < 4.78 is 11.3. The van der Waals surface area contributed by atoms with Crippen molar-refractivity contribution in [3.05, 3.63) is 35.4 Å². The predicted octanol–water partition coefficient (Wildman–Crippen LogP) is 7.98. The second-order valence-electron chi connectivity index (χ2n) is 10.1. The van der Waals surface area contributed by atoms with Crippen LogP contribution in [0.5, 0.6) is 5.75 Å². The molecule has 36 heavy (non-hydrogen) atoms. The Bertz CT molecular complexity index is 783. The minimum Gasteiger partial charge on any atom is -0.493 e. The number of amides is 1. The number of ether oxygens (including phenoxy) is 2. The molecule has 0 aromatic heterocycles. The van der Waals surface area contributed by atoms with Gasteiger partial charge >= 0.3 is 5.97 Å². The third-order valence-electron chi connectivity index (χ3n) is 6.99. The van der Waals surface area contributed by atoms with Crippen molar-refractivity contribution < 1.29 is 19.1 Å². The number of unbranched alkanes of at least 4 members (excludes halogenated alkanes) is 10. The van der Waals surface area contributed by atoms with Crippen molar-refractivity contribution in [2.24, 2.45) is 5.92 Å². The Morgan fingerprint density at radius 1 is 0.833 bits per heavy atom. The Hall–Kier alpha value is -2.30. The zero-order chi connectivity index (χ0) is 26.0. The zero-order valence-electron chi connectivity index (χ0n) is 23.0. The van der Waals surface area contributed by atoms with Crippen LogP contribution in [-0.2, 0) is 14.3 Å². The zero-order valence-corrected chi connectivity index (χ0v) is 23.0. The van der Waals surface area contributed by atoms with E-state index in [2.05, 4.69) is 19.2 Å². The molecule has 0 fully saturated rings. The van der Waals surface area contributed by atoms with E-state index in [1.165, 1.54) is 89.9 Å². The van der Waals surface area contributed by atoms with Gasteiger partial charge in [-0.1, -0.05) is 90.9 Å². The first-order valence-electron chi connectivity index (χ1n) is 14.5. The van der Waals surface area contributed by atoms with E-state index in [1.54, 1.807) is 6.92 Å². The standard InChI is InChI=1S/C31H49NO4/c1-4-7-9-11-13-15-17-25(18-16-14-12-10-8-5-2)24-36-27-21-19-26(20-22-27)30-28(23-29(33)32-30)31(34)35-6-3/h19-22,25H,4-18,23-24H2,1-3H3,(H,32,33). The highest BCUT2D eigenvalue weighted by atomic mass is 16.5. The van der Waals surface area contributed by atoms with Crippen LogP contribution in [0, 0.1) is 5.92 Å². The fourth-order valence-electron chi connectivity index (χ4n) is 4.82. The Morgan fingerprint density at radius 3 is 1.94 bits per heavy atom. The van der Waals surface area contributed by atoms with Gasteiger partial charge in [0.25, 0.3) is 0 Å². The van der Waals surface area contributed by atoms with E-state index in [0.29, 0.717) is 17.2 Å². The normalized spacial score (nSPS) is 13.4. The second-order valence-corrected chi connectivity index (χ2v) is 10.1. The van der Waals surface area contributed by atoms with Crippen molar-refractivity contribution in [1.82, 2.24) is 5.32 Å². The van der Waals surface area contributed by atoms with Gasteiger partial charge in [-0.2, -0.15) is 0 Å². The van der Waals surface area contributed by atoms with Crippen molar-refractivity contribution >= 4 is 17.6 Å². The van der Waals surface area contributed by atoms with Gasteiger partial charge in [-0.15, -0.1) is 0 Å². The summed E-state index contributed by atoms with van der Waals surface area (Å²) in [6.07, 6.45) is 18.5. The third kappa shape index (κ3) is 11.2. The van der Waals surface area contributed by atoms with Crippen LogP contribution < -0.4 is 10.1 Å². The Kier molecular flexibility index (Phi) is 15.0. The molecule has 0 unspecified atom stereocenters. The van der Waals surface area contributed by atoms with Gasteiger partial charge in [0, 0.05) is 0 Å². The second kappa shape index (κ2) is 18.0. The minimum atomic E-state index is -0.432. The third-order valence-corrected chi connectivity index (χ3v) is 6.99. The molecule has 0 saturated heterocycles. The van der Waals surface area contributed by atoms with Crippen LogP contribution >= 0.6 is 0 Å². The number of benzene rings is 1. The molecule has 5 heteroatoms. The molecule has 0 aliphatic carbocycles. The lowest BCUT2D eigenvalue weighted by Gasteiger charge is -2.18. The van der Waals surface area contributed by atoms with Gasteiger partial charge < -0.3 is 14.8 Å². The molecule has 1 N–H and O–H groups in total. The maximum atomic E-state index is 12.2. The van der Waals surface area contributed by atoms with Gasteiger partial charge in [0.05, 0.1) is 30.9 Å². The van der Waals surface area contributed by atoms with Gasteiger partial charge in [-0.05, 0) is 55.5 Å². The number of nitrogens with one attached hydrogen (secondary N) is 1. The highest BCUT2D eigenvalue weighted by Gasteiger charge is 2.28. The van der Waals surface area contributed by atoms with Crippen LogP contribution in [0.25, 0.3) is 5.70 Å².